The lowest BCUT2D eigenvalue weighted by Gasteiger charge is -2.26. The van der Waals surface area contributed by atoms with Crippen molar-refractivity contribution in [3.63, 3.8) is 0 Å². The van der Waals surface area contributed by atoms with E-state index in [2.05, 4.69) is 15.6 Å². The molecule has 7 heteroatoms. The van der Waals surface area contributed by atoms with Crippen LogP contribution in [0.5, 0.6) is 0 Å². The number of halogens is 2. The second kappa shape index (κ2) is 8.53. The molecule has 0 fully saturated rings. The Morgan fingerprint density at radius 1 is 1.20 bits per heavy atom. The molecule has 1 aromatic heterocycles. The zero-order chi connectivity index (χ0) is 18.4. The van der Waals surface area contributed by atoms with Crippen LogP contribution in [0.2, 0.25) is 0 Å². The van der Waals surface area contributed by atoms with Crippen LogP contribution < -0.4 is 10.6 Å². The van der Waals surface area contributed by atoms with E-state index < -0.39 is 23.7 Å². The molecule has 2 N–H and O–H groups in total. The summed E-state index contributed by atoms with van der Waals surface area (Å²) in [5, 5.41) is 5.45. The summed E-state index contributed by atoms with van der Waals surface area (Å²) in [6.45, 7) is 1.90. The molecule has 1 aromatic carbocycles. The number of carbonyl (C=O) groups is 1. The van der Waals surface area contributed by atoms with Crippen molar-refractivity contribution in [2.45, 2.75) is 19.0 Å². The van der Waals surface area contributed by atoms with E-state index in [1.54, 1.807) is 37.5 Å². The van der Waals surface area contributed by atoms with Crippen LogP contribution >= 0.6 is 0 Å². The third-order valence-corrected chi connectivity index (χ3v) is 3.94. The van der Waals surface area contributed by atoms with Gasteiger partial charge in [-0.15, -0.1) is 0 Å². The quantitative estimate of drug-likeness (QED) is 0.844. The highest BCUT2D eigenvalue weighted by atomic mass is 19.1. The Bertz CT molecular complexity index is 689. The maximum Gasteiger partial charge on any atom is 0.315 e. The molecule has 0 aliphatic carbocycles. The smallest absolute Gasteiger partial charge is 0.315 e. The van der Waals surface area contributed by atoms with Gasteiger partial charge < -0.3 is 15.5 Å². The average Bonchev–Trinajstić information content (AvgIpc) is 2.57. The van der Waals surface area contributed by atoms with Gasteiger partial charge in [0.25, 0.3) is 0 Å². The lowest BCUT2D eigenvalue weighted by atomic mass is 10.0. The van der Waals surface area contributed by atoms with Gasteiger partial charge in [-0.1, -0.05) is 12.1 Å². The van der Waals surface area contributed by atoms with Crippen LogP contribution in [0, 0.1) is 11.6 Å². The lowest BCUT2D eigenvalue weighted by molar-refractivity contribution is 0.228. The van der Waals surface area contributed by atoms with E-state index >= 15 is 0 Å². The molecule has 0 unspecified atom stereocenters. The Balaban J connectivity index is 2.01. The average molecular weight is 348 g/mol. The highest BCUT2D eigenvalue weighted by molar-refractivity contribution is 5.74. The van der Waals surface area contributed by atoms with Gasteiger partial charge in [0, 0.05) is 24.5 Å². The van der Waals surface area contributed by atoms with Crippen LogP contribution in [0.4, 0.5) is 13.6 Å². The zero-order valence-electron chi connectivity index (χ0n) is 14.5. The maximum absolute atomic E-state index is 14.0. The molecule has 2 atom stereocenters. The fourth-order valence-electron chi connectivity index (χ4n) is 2.52. The summed E-state index contributed by atoms with van der Waals surface area (Å²) in [6.07, 6.45) is 3.32. The van der Waals surface area contributed by atoms with Crippen molar-refractivity contribution in [2.24, 2.45) is 0 Å². The van der Waals surface area contributed by atoms with Gasteiger partial charge in [-0.3, -0.25) is 4.98 Å². The molecular formula is C18H22F2N4O. The summed E-state index contributed by atoms with van der Waals surface area (Å²) in [6, 6.07) is 6.09. The second-order valence-electron chi connectivity index (χ2n) is 5.98. The predicted molar refractivity (Wildman–Crippen MR) is 92.0 cm³/mol. The molecule has 0 spiro atoms. The molecule has 2 amide bonds. The van der Waals surface area contributed by atoms with E-state index in [9.17, 15) is 13.6 Å². The fourth-order valence-corrected chi connectivity index (χ4v) is 2.52. The second-order valence-corrected chi connectivity index (χ2v) is 5.98. The highest BCUT2D eigenvalue weighted by Gasteiger charge is 2.23. The summed E-state index contributed by atoms with van der Waals surface area (Å²) >= 11 is 0. The monoisotopic (exact) mass is 348 g/mol. The molecule has 0 bridgehead atoms. The number of nitrogens with zero attached hydrogens (tertiary/aromatic N) is 2. The molecule has 0 aliphatic heterocycles. The van der Waals surface area contributed by atoms with Gasteiger partial charge in [0.2, 0.25) is 0 Å². The van der Waals surface area contributed by atoms with E-state index in [1.165, 1.54) is 18.2 Å². The van der Waals surface area contributed by atoms with E-state index in [1.807, 2.05) is 13.0 Å². The van der Waals surface area contributed by atoms with E-state index in [0.717, 1.165) is 5.56 Å². The molecule has 0 radical (unpaired) electrons. The predicted octanol–water partition coefficient (Wildman–Crippen LogP) is 3.02. The minimum atomic E-state index is -0.635. The van der Waals surface area contributed by atoms with Crippen LogP contribution in [0.15, 0.2) is 42.7 Å². The first kappa shape index (κ1) is 18.8. The summed E-state index contributed by atoms with van der Waals surface area (Å²) in [7, 11) is 3.41. The number of carbonyl (C=O) groups excluding carboxylic acids is 1. The van der Waals surface area contributed by atoms with Crippen molar-refractivity contribution in [3.8, 4) is 0 Å². The van der Waals surface area contributed by atoms with Crippen LogP contribution in [0.25, 0.3) is 0 Å². The Labute approximate surface area is 146 Å². The number of hydrogen-bond donors (Lipinski definition) is 2. The SMILES string of the molecule is C[C@H](NC(=O)NC[C@@H](c1c(F)cccc1F)N(C)C)c1cccnc1. The summed E-state index contributed by atoms with van der Waals surface area (Å²) in [5.41, 5.74) is 0.801. The minimum absolute atomic E-state index is 0.0619. The van der Waals surface area contributed by atoms with Crippen LogP contribution in [-0.2, 0) is 0 Å². The number of nitrogens with one attached hydrogen (secondary N) is 2. The van der Waals surface area contributed by atoms with Crippen molar-refractivity contribution < 1.29 is 13.6 Å². The molecule has 5 nitrogen and oxygen atoms in total. The first-order valence-corrected chi connectivity index (χ1v) is 7.94. The normalized spacial score (nSPS) is 13.4. The molecule has 0 saturated carbocycles. The van der Waals surface area contributed by atoms with Gasteiger partial charge >= 0.3 is 6.03 Å². The Kier molecular flexibility index (Phi) is 6.41. The van der Waals surface area contributed by atoms with Gasteiger partial charge in [-0.25, -0.2) is 13.6 Å². The molecule has 2 rings (SSSR count). The fraction of sp³-hybridized carbons (Fsp3) is 0.333. The topological polar surface area (TPSA) is 57.3 Å². The van der Waals surface area contributed by atoms with E-state index in [-0.39, 0.29) is 18.2 Å². The summed E-state index contributed by atoms with van der Waals surface area (Å²) in [4.78, 5) is 17.8. The van der Waals surface area contributed by atoms with Crippen LogP contribution in [0.3, 0.4) is 0 Å². The molecule has 0 saturated heterocycles. The molecule has 134 valence electrons. The van der Waals surface area contributed by atoms with Crippen molar-refractivity contribution in [3.05, 3.63) is 65.5 Å². The van der Waals surface area contributed by atoms with Crippen molar-refractivity contribution in [1.82, 2.24) is 20.5 Å². The number of benzene rings is 1. The van der Waals surface area contributed by atoms with Gasteiger partial charge in [-0.2, -0.15) is 0 Å². The molecule has 2 aromatic rings. The largest absolute Gasteiger partial charge is 0.336 e. The van der Waals surface area contributed by atoms with E-state index in [4.69, 9.17) is 0 Å². The van der Waals surface area contributed by atoms with Crippen LogP contribution in [-0.4, -0.2) is 36.6 Å². The Hall–Kier alpha value is -2.54. The molecule has 0 aliphatic rings. The third-order valence-electron chi connectivity index (χ3n) is 3.94. The number of hydrogen-bond acceptors (Lipinski definition) is 3. The number of urea groups is 1. The van der Waals surface area contributed by atoms with Crippen molar-refractivity contribution in [2.75, 3.05) is 20.6 Å². The third kappa shape index (κ3) is 4.96. The van der Waals surface area contributed by atoms with Gasteiger partial charge in [0.15, 0.2) is 0 Å². The number of rotatable bonds is 6. The summed E-state index contributed by atoms with van der Waals surface area (Å²) < 4.78 is 28.0. The first-order chi connectivity index (χ1) is 11.9. The van der Waals surface area contributed by atoms with Crippen molar-refractivity contribution >= 4 is 6.03 Å². The lowest BCUT2D eigenvalue weighted by Crippen LogP contribution is -2.41. The van der Waals surface area contributed by atoms with Gasteiger partial charge in [0.05, 0.1) is 12.1 Å². The zero-order valence-corrected chi connectivity index (χ0v) is 14.5. The standard InChI is InChI=1S/C18H22F2N4O/c1-12(13-6-5-9-21-10-13)23-18(25)22-11-16(24(2)3)17-14(19)7-4-8-15(17)20/h4-10,12,16H,11H2,1-3H3,(H2,22,23,25)/t12-,16-/m0/s1. The number of amides is 2. The summed E-state index contributed by atoms with van der Waals surface area (Å²) in [5.74, 6) is -1.27. The van der Waals surface area contributed by atoms with Gasteiger partial charge in [0.1, 0.15) is 11.6 Å². The van der Waals surface area contributed by atoms with Gasteiger partial charge in [-0.05, 0) is 44.8 Å². The Morgan fingerprint density at radius 2 is 1.88 bits per heavy atom. The van der Waals surface area contributed by atoms with E-state index in [0.29, 0.717) is 0 Å². The molecule has 25 heavy (non-hydrogen) atoms. The van der Waals surface area contributed by atoms with Crippen molar-refractivity contribution in [1.29, 1.82) is 0 Å². The number of likely N-dealkylation sites (N-methyl/N-ethyl adjacent to an activating group) is 1. The first-order valence-electron chi connectivity index (χ1n) is 7.94. The molecule has 1 heterocycles. The highest BCUT2D eigenvalue weighted by Crippen LogP contribution is 2.23. The Morgan fingerprint density at radius 3 is 2.44 bits per heavy atom. The number of pyridine rings is 1. The maximum atomic E-state index is 14.0. The minimum Gasteiger partial charge on any atom is -0.336 e. The molecular weight excluding hydrogens is 326 g/mol. The number of aromatic nitrogens is 1. The van der Waals surface area contributed by atoms with Crippen LogP contribution in [0.1, 0.15) is 30.1 Å².